The van der Waals surface area contributed by atoms with Crippen LogP contribution in [0.2, 0.25) is 0 Å². The van der Waals surface area contributed by atoms with E-state index in [1.165, 1.54) is 6.07 Å². The van der Waals surface area contributed by atoms with Crippen LogP contribution in [0.4, 0.5) is 4.39 Å². The SMILES string of the molecule is CC(CCCN)C(=O)NCCc1ccccc1F. The molecule has 0 radical (unpaired) electrons. The Balaban J connectivity index is 2.29. The van der Waals surface area contributed by atoms with Gasteiger partial charge in [-0.3, -0.25) is 4.79 Å². The van der Waals surface area contributed by atoms with Gasteiger partial charge in [-0.1, -0.05) is 25.1 Å². The fourth-order valence-corrected chi connectivity index (χ4v) is 1.75. The van der Waals surface area contributed by atoms with E-state index in [0.717, 1.165) is 12.8 Å². The molecular formula is C14H21FN2O. The second-order valence-electron chi connectivity index (χ2n) is 4.46. The molecule has 0 aliphatic rings. The standard InChI is InChI=1S/C14H21FN2O/c1-11(5-4-9-16)14(18)17-10-8-12-6-2-3-7-13(12)15/h2-3,6-7,11H,4-5,8-10,16H2,1H3,(H,17,18). The normalized spacial score (nSPS) is 12.2. The summed E-state index contributed by atoms with van der Waals surface area (Å²) in [6.45, 7) is 2.95. The van der Waals surface area contributed by atoms with Crippen molar-refractivity contribution in [2.75, 3.05) is 13.1 Å². The minimum Gasteiger partial charge on any atom is -0.356 e. The molecule has 1 aromatic rings. The molecule has 0 aromatic heterocycles. The van der Waals surface area contributed by atoms with E-state index in [4.69, 9.17) is 5.73 Å². The first kappa shape index (κ1) is 14.6. The number of halogens is 1. The third kappa shape index (κ3) is 4.84. The number of carbonyl (C=O) groups is 1. The van der Waals surface area contributed by atoms with Crippen molar-refractivity contribution in [1.82, 2.24) is 5.32 Å². The zero-order valence-corrected chi connectivity index (χ0v) is 10.8. The molecule has 1 amide bonds. The molecule has 1 rings (SSSR count). The Morgan fingerprint density at radius 2 is 2.17 bits per heavy atom. The first-order chi connectivity index (χ1) is 8.65. The highest BCUT2D eigenvalue weighted by atomic mass is 19.1. The highest BCUT2D eigenvalue weighted by molar-refractivity contribution is 5.78. The minimum atomic E-state index is -0.220. The highest BCUT2D eigenvalue weighted by Crippen LogP contribution is 2.07. The summed E-state index contributed by atoms with van der Waals surface area (Å²) in [4.78, 5) is 11.7. The van der Waals surface area contributed by atoms with Crippen LogP contribution in [0.5, 0.6) is 0 Å². The fourth-order valence-electron chi connectivity index (χ4n) is 1.75. The number of nitrogens with one attached hydrogen (secondary N) is 1. The maximum Gasteiger partial charge on any atom is 0.222 e. The molecule has 4 heteroatoms. The van der Waals surface area contributed by atoms with Crippen LogP contribution < -0.4 is 11.1 Å². The van der Waals surface area contributed by atoms with Gasteiger partial charge >= 0.3 is 0 Å². The van der Waals surface area contributed by atoms with Gasteiger partial charge in [0.15, 0.2) is 0 Å². The molecule has 0 saturated heterocycles. The van der Waals surface area contributed by atoms with Crippen molar-refractivity contribution in [2.24, 2.45) is 11.7 Å². The van der Waals surface area contributed by atoms with E-state index in [2.05, 4.69) is 5.32 Å². The molecule has 1 unspecified atom stereocenters. The fraction of sp³-hybridized carbons (Fsp3) is 0.500. The second-order valence-corrected chi connectivity index (χ2v) is 4.46. The Hall–Kier alpha value is -1.42. The molecule has 1 aromatic carbocycles. The van der Waals surface area contributed by atoms with E-state index in [0.29, 0.717) is 25.1 Å². The summed E-state index contributed by atoms with van der Waals surface area (Å²) in [5, 5.41) is 2.82. The molecule has 0 fully saturated rings. The average molecular weight is 252 g/mol. The monoisotopic (exact) mass is 252 g/mol. The summed E-state index contributed by atoms with van der Waals surface area (Å²) in [5.74, 6) is -0.239. The van der Waals surface area contributed by atoms with Gasteiger partial charge in [-0.25, -0.2) is 4.39 Å². The number of rotatable bonds is 7. The molecular weight excluding hydrogens is 231 g/mol. The molecule has 0 saturated carbocycles. The van der Waals surface area contributed by atoms with Crippen molar-refractivity contribution in [3.63, 3.8) is 0 Å². The molecule has 0 aliphatic heterocycles. The largest absolute Gasteiger partial charge is 0.356 e. The van der Waals surface area contributed by atoms with Crippen LogP contribution in [-0.4, -0.2) is 19.0 Å². The van der Waals surface area contributed by atoms with Gasteiger partial charge in [0, 0.05) is 12.5 Å². The molecule has 0 aliphatic carbocycles. The van der Waals surface area contributed by atoms with Crippen LogP contribution in [0.3, 0.4) is 0 Å². The maximum atomic E-state index is 13.3. The Labute approximate surface area is 108 Å². The van der Waals surface area contributed by atoms with E-state index >= 15 is 0 Å². The van der Waals surface area contributed by atoms with E-state index in [1.807, 2.05) is 6.92 Å². The molecule has 3 N–H and O–H groups in total. The Kier molecular flexibility index (Phi) is 6.36. The maximum absolute atomic E-state index is 13.3. The third-order valence-corrected chi connectivity index (χ3v) is 2.94. The summed E-state index contributed by atoms with van der Waals surface area (Å²) < 4.78 is 13.3. The Bertz CT molecular complexity index is 382. The van der Waals surface area contributed by atoms with Crippen molar-refractivity contribution in [2.45, 2.75) is 26.2 Å². The number of hydrogen-bond donors (Lipinski definition) is 2. The van der Waals surface area contributed by atoms with Gasteiger partial charge in [0.2, 0.25) is 5.91 Å². The highest BCUT2D eigenvalue weighted by Gasteiger charge is 2.11. The number of nitrogens with two attached hydrogens (primary N) is 1. The van der Waals surface area contributed by atoms with Gasteiger partial charge in [-0.2, -0.15) is 0 Å². The lowest BCUT2D eigenvalue weighted by Gasteiger charge is -2.11. The average Bonchev–Trinajstić information content (AvgIpc) is 2.38. The van der Waals surface area contributed by atoms with Crippen LogP contribution in [0.1, 0.15) is 25.3 Å². The van der Waals surface area contributed by atoms with Gasteiger partial charge in [-0.15, -0.1) is 0 Å². The quantitative estimate of drug-likeness (QED) is 0.778. The number of amides is 1. The van der Waals surface area contributed by atoms with Crippen molar-refractivity contribution >= 4 is 5.91 Å². The van der Waals surface area contributed by atoms with Gasteiger partial charge in [0.1, 0.15) is 5.82 Å². The zero-order valence-electron chi connectivity index (χ0n) is 10.8. The number of carbonyl (C=O) groups excluding carboxylic acids is 1. The lowest BCUT2D eigenvalue weighted by atomic mass is 10.0. The van der Waals surface area contributed by atoms with Crippen LogP contribution in [0.15, 0.2) is 24.3 Å². The van der Waals surface area contributed by atoms with E-state index in [9.17, 15) is 9.18 Å². The minimum absolute atomic E-state index is 0.0137. The first-order valence-electron chi connectivity index (χ1n) is 6.36. The number of hydrogen-bond acceptors (Lipinski definition) is 2. The van der Waals surface area contributed by atoms with Crippen LogP contribution >= 0.6 is 0 Å². The van der Waals surface area contributed by atoms with Crippen molar-refractivity contribution in [3.8, 4) is 0 Å². The van der Waals surface area contributed by atoms with Gasteiger partial charge < -0.3 is 11.1 Å². The second kappa shape index (κ2) is 7.82. The third-order valence-electron chi connectivity index (χ3n) is 2.94. The van der Waals surface area contributed by atoms with E-state index < -0.39 is 0 Å². The van der Waals surface area contributed by atoms with Gasteiger partial charge in [-0.05, 0) is 37.4 Å². The van der Waals surface area contributed by atoms with Crippen LogP contribution in [0, 0.1) is 11.7 Å². The predicted octanol–water partition coefficient (Wildman–Crippen LogP) is 1.86. The molecule has 0 spiro atoms. The van der Waals surface area contributed by atoms with Crippen molar-refractivity contribution < 1.29 is 9.18 Å². The molecule has 0 bridgehead atoms. The molecule has 18 heavy (non-hydrogen) atoms. The first-order valence-corrected chi connectivity index (χ1v) is 6.36. The molecule has 3 nitrogen and oxygen atoms in total. The van der Waals surface area contributed by atoms with Crippen molar-refractivity contribution in [1.29, 1.82) is 0 Å². The lowest BCUT2D eigenvalue weighted by Crippen LogP contribution is -2.31. The van der Waals surface area contributed by atoms with E-state index in [1.54, 1.807) is 18.2 Å². The summed E-state index contributed by atoms with van der Waals surface area (Å²) in [6.07, 6.45) is 2.16. The summed E-state index contributed by atoms with van der Waals surface area (Å²) in [5.41, 5.74) is 6.03. The van der Waals surface area contributed by atoms with Crippen LogP contribution in [0.25, 0.3) is 0 Å². The topological polar surface area (TPSA) is 55.1 Å². The summed E-state index contributed by atoms with van der Waals surface area (Å²) in [6, 6.07) is 6.62. The van der Waals surface area contributed by atoms with E-state index in [-0.39, 0.29) is 17.6 Å². The molecule has 1 atom stereocenters. The predicted molar refractivity (Wildman–Crippen MR) is 70.6 cm³/mol. The Morgan fingerprint density at radius 1 is 1.44 bits per heavy atom. The number of benzene rings is 1. The molecule has 100 valence electrons. The molecule has 0 heterocycles. The van der Waals surface area contributed by atoms with Gasteiger partial charge in [0.25, 0.3) is 0 Å². The van der Waals surface area contributed by atoms with Gasteiger partial charge in [0.05, 0.1) is 0 Å². The zero-order chi connectivity index (χ0) is 13.4. The lowest BCUT2D eigenvalue weighted by molar-refractivity contribution is -0.124. The van der Waals surface area contributed by atoms with Crippen molar-refractivity contribution in [3.05, 3.63) is 35.6 Å². The summed E-state index contributed by atoms with van der Waals surface area (Å²) >= 11 is 0. The summed E-state index contributed by atoms with van der Waals surface area (Å²) in [7, 11) is 0. The Morgan fingerprint density at radius 3 is 2.83 bits per heavy atom. The van der Waals surface area contributed by atoms with Crippen LogP contribution in [-0.2, 0) is 11.2 Å². The smallest absolute Gasteiger partial charge is 0.222 e.